The summed E-state index contributed by atoms with van der Waals surface area (Å²) in [5.41, 5.74) is 4.19. The lowest BCUT2D eigenvalue weighted by Gasteiger charge is -2.24. The van der Waals surface area contributed by atoms with Gasteiger partial charge in [0.1, 0.15) is 0 Å². The van der Waals surface area contributed by atoms with Gasteiger partial charge in [-0.25, -0.2) is 4.98 Å². The second kappa shape index (κ2) is 6.85. The Hall–Kier alpha value is -2.31. The van der Waals surface area contributed by atoms with Crippen molar-refractivity contribution in [2.24, 2.45) is 0 Å². The SMILES string of the molecule is Cc1[nH]nc2ncc(CNCC(c3cccnc3)N(C)C)cc12. The molecule has 3 heterocycles. The zero-order chi connectivity index (χ0) is 16.2. The molecule has 3 aromatic rings. The smallest absolute Gasteiger partial charge is 0.181 e. The van der Waals surface area contributed by atoms with Crippen LogP contribution in [0.25, 0.3) is 11.0 Å². The van der Waals surface area contributed by atoms with Crippen molar-refractivity contribution < 1.29 is 0 Å². The summed E-state index contributed by atoms with van der Waals surface area (Å²) in [6.45, 7) is 3.64. The Morgan fingerprint density at radius 3 is 2.91 bits per heavy atom. The third kappa shape index (κ3) is 3.55. The molecule has 23 heavy (non-hydrogen) atoms. The molecule has 120 valence electrons. The van der Waals surface area contributed by atoms with Crippen LogP contribution in [0.3, 0.4) is 0 Å². The van der Waals surface area contributed by atoms with E-state index in [4.69, 9.17) is 0 Å². The van der Waals surface area contributed by atoms with Gasteiger partial charge in [0, 0.05) is 48.8 Å². The Kier molecular flexibility index (Phi) is 4.64. The predicted molar refractivity (Wildman–Crippen MR) is 91.0 cm³/mol. The molecule has 0 bridgehead atoms. The van der Waals surface area contributed by atoms with E-state index in [1.807, 2.05) is 25.4 Å². The topological polar surface area (TPSA) is 69.7 Å². The van der Waals surface area contributed by atoms with E-state index in [-0.39, 0.29) is 6.04 Å². The fraction of sp³-hybridized carbons (Fsp3) is 0.353. The lowest BCUT2D eigenvalue weighted by molar-refractivity contribution is 0.288. The van der Waals surface area contributed by atoms with Crippen molar-refractivity contribution in [1.29, 1.82) is 0 Å². The standard InChI is InChI=1S/C17H22N6/c1-12-15-7-13(9-20-17(15)22-21-12)8-19-11-16(23(2)3)14-5-4-6-18-10-14/h4-7,9-10,16,19H,8,11H2,1-3H3,(H,20,21,22). The second-order valence-corrected chi connectivity index (χ2v) is 5.96. The predicted octanol–water partition coefficient (Wildman–Crippen LogP) is 2.05. The van der Waals surface area contributed by atoms with Gasteiger partial charge >= 0.3 is 0 Å². The summed E-state index contributed by atoms with van der Waals surface area (Å²) < 4.78 is 0. The van der Waals surface area contributed by atoms with Crippen LogP contribution in [-0.2, 0) is 6.54 Å². The highest BCUT2D eigenvalue weighted by atomic mass is 15.1. The lowest BCUT2D eigenvalue weighted by Crippen LogP contribution is -2.30. The first kappa shape index (κ1) is 15.6. The molecule has 6 heteroatoms. The quantitative estimate of drug-likeness (QED) is 0.729. The van der Waals surface area contributed by atoms with Crippen LogP contribution in [0, 0.1) is 6.92 Å². The minimum absolute atomic E-state index is 0.288. The molecule has 2 N–H and O–H groups in total. The first-order valence-corrected chi connectivity index (χ1v) is 7.72. The second-order valence-electron chi connectivity index (χ2n) is 5.96. The van der Waals surface area contributed by atoms with Gasteiger partial charge in [0.2, 0.25) is 0 Å². The number of hydrogen-bond donors (Lipinski definition) is 2. The van der Waals surface area contributed by atoms with E-state index in [0.29, 0.717) is 0 Å². The van der Waals surface area contributed by atoms with Crippen molar-refractivity contribution in [1.82, 2.24) is 30.4 Å². The van der Waals surface area contributed by atoms with Crippen molar-refractivity contribution >= 4 is 11.0 Å². The normalized spacial score (nSPS) is 12.9. The number of fused-ring (bicyclic) bond motifs is 1. The molecule has 0 aromatic carbocycles. The van der Waals surface area contributed by atoms with E-state index in [2.05, 4.69) is 56.6 Å². The number of nitrogens with one attached hydrogen (secondary N) is 2. The first-order chi connectivity index (χ1) is 11.1. The maximum absolute atomic E-state index is 4.39. The monoisotopic (exact) mass is 310 g/mol. The number of aromatic amines is 1. The van der Waals surface area contributed by atoms with E-state index in [1.165, 1.54) is 5.56 Å². The molecule has 3 aromatic heterocycles. The van der Waals surface area contributed by atoms with Gasteiger partial charge in [-0.05, 0) is 44.3 Å². The average Bonchev–Trinajstić information content (AvgIpc) is 2.93. The van der Waals surface area contributed by atoms with Crippen molar-refractivity contribution in [3.8, 4) is 0 Å². The summed E-state index contributed by atoms with van der Waals surface area (Å²) in [4.78, 5) is 10.8. The van der Waals surface area contributed by atoms with Gasteiger partial charge in [0.25, 0.3) is 0 Å². The summed E-state index contributed by atoms with van der Waals surface area (Å²) in [5, 5.41) is 11.7. The highest BCUT2D eigenvalue weighted by Gasteiger charge is 2.13. The van der Waals surface area contributed by atoms with Crippen LogP contribution in [0.2, 0.25) is 0 Å². The van der Waals surface area contributed by atoms with Crippen LogP contribution in [0.4, 0.5) is 0 Å². The van der Waals surface area contributed by atoms with E-state index < -0.39 is 0 Å². The van der Waals surface area contributed by atoms with Gasteiger partial charge in [-0.3, -0.25) is 10.1 Å². The van der Waals surface area contributed by atoms with Gasteiger partial charge in [0.05, 0.1) is 0 Å². The Morgan fingerprint density at radius 1 is 1.30 bits per heavy atom. The van der Waals surface area contributed by atoms with Crippen LogP contribution in [0.5, 0.6) is 0 Å². The zero-order valence-electron chi connectivity index (χ0n) is 13.7. The van der Waals surface area contributed by atoms with Crippen LogP contribution in [0.1, 0.15) is 22.9 Å². The number of hydrogen-bond acceptors (Lipinski definition) is 5. The zero-order valence-corrected chi connectivity index (χ0v) is 13.7. The highest BCUT2D eigenvalue weighted by Crippen LogP contribution is 2.17. The van der Waals surface area contributed by atoms with E-state index >= 15 is 0 Å². The molecule has 0 fully saturated rings. The van der Waals surface area contributed by atoms with E-state index in [9.17, 15) is 0 Å². The molecule has 0 radical (unpaired) electrons. The van der Waals surface area contributed by atoms with E-state index in [1.54, 1.807) is 6.20 Å². The number of likely N-dealkylation sites (N-methyl/N-ethyl adjacent to an activating group) is 1. The molecular weight excluding hydrogens is 288 g/mol. The summed E-state index contributed by atoms with van der Waals surface area (Å²) in [7, 11) is 4.17. The number of aryl methyl sites for hydroxylation is 1. The highest BCUT2D eigenvalue weighted by molar-refractivity contribution is 5.77. The maximum Gasteiger partial charge on any atom is 0.181 e. The van der Waals surface area contributed by atoms with Crippen molar-refractivity contribution in [3.05, 3.63) is 53.6 Å². The van der Waals surface area contributed by atoms with Crippen molar-refractivity contribution in [2.45, 2.75) is 19.5 Å². The molecule has 0 aliphatic carbocycles. The Balaban J connectivity index is 1.65. The van der Waals surface area contributed by atoms with Gasteiger partial charge in [-0.15, -0.1) is 0 Å². The summed E-state index contributed by atoms with van der Waals surface area (Å²) in [6.07, 6.45) is 5.61. The van der Waals surface area contributed by atoms with E-state index in [0.717, 1.165) is 35.4 Å². The molecule has 6 nitrogen and oxygen atoms in total. The molecule has 3 rings (SSSR count). The molecule has 1 atom stereocenters. The lowest BCUT2D eigenvalue weighted by atomic mass is 10.1. The molecule has 0 aliphatic rings. The number of H-pyrrole nitrogens is 1. The number of aromatic nitrogens is 4. The van der Waals surface area contributed by atoms with Gasteiger partial charge in [0.15, 0.2) is 5.65 Å². The number of pyridine rings is 2. The first-order valence-electron chi connectivity index (χ1n) is 7.72. The van der Waals surface area contributed by atoms with Gasteiger partial charge in [-0.1, -0.05) is 6.07 Å². The molecule has 0 saturated heterocycles. The van der Waals surface area contributed by atoms with Crippen LogP contribution < -0.4 is 5.32 Å². The molecule has 0 amide bonds. The number of rotatable bonds is 6. The fourth-order valence-corrected chi connectivity index (χ4v) is 2.68. The van der Waals surface area contributed by atoms with Crippen molar-refractivity contribution in [2.75, 3.05) is 20.6 Å². The molecule has 0 spiro atoms. The largest absolute Gasteiger partial charge is 0.311 e. The maximum atomic E-state index is 4.39. The third-order valence-corrected chi connectivity index (χ3v) is 4.02. The van der Waals surface area contributed by atoms with Gasteiger partial charge < -0.3 is 10.2 Å². The summed E-state index contributed by atoms with van der Waals surface area (Å²) in [5.74, 6) is 0. The summed E-state index contributed by atoms with van der Waals surface area (Å²) >= 11 is 0. The Labute approximate surface area is 136 Å². The van der Waals surface area contributed by atoms with Crippen LogP contribution in [0.15, 0.2) is 36.8 Å². The molecule has 0 saturated carbocycles. The van der Waals surface area contributed by atoms with Crippen LogP contribution in [-0.4, -0.2) is 45.7 Å². The Bertz CT molecular complexity index is 765. The molecular formula is C17H22N6. The summed E-state index contributed by atoms with van der Waals surface area (Å²) in [6, 6.07) is 6.52. The van der Waals surface area contributed by atoms with Gasteiger partial charge in [-0.2, -0.15) is 5.10 Å². The minimum atomic E-state index is 0.288. The molecule has 0 aliphatic heterocycles. The number of nitrogens with zero attached hydrogens (tertiary/aromatic N) is 4. The fourth-order valence-electron chi connectivity index (χ4n) is 2.68. The minimum Gasteiger partial charge on any atom is -0.311 e. The third-order valence-electron chi connectivity index (χ3n) is 4.02. The van der Waals surface area contributed by atoms with Crippen LogP contribution >= 0.6 is 0 Å². The Morgan fingerprint density at radius 2 is 2.17 bits per heavy atom. The van der Waals surface area contributed by atoms with Crippen molar-refractivity contribution in [3.63, 3.8) is 0 Å². The molecule has 1 unspecified atom stereocenters. The average molecular weight is 310 g/mol.